The summed E-state index contributed by atoms with van der Waals surface area (Å²) in [6.45, 7) is -1.69. The van der Waals surface area contributed by atoms with Crippen LogP contribution in [0.15, 0.2) is 12.1 Å². The maximum Gasteiger partial charge on any atom is 0.394 e. The lowest BCUT2D eigenvalue weighted by Crippen LogP contribution is -2.40. The average molecular weight is 384 g/mol. The Morgan fingerprint density at radius 2 is 1.81 bits per heavy atom. The number of alkyl halides is 3. The number of urea groups is 1. The number of carbonyl (C=O) groups excluding carboxylic acids is 1. The van der Waals surface area contributed by atoms with Gasteiger partial charge >= 0.3 is 18.2 Å². The molecule has 0 saturated carbocycles. The number of nitrogens with one attached hydrogen (secondary N) is 1. The largest absolute Gasteiger partial charge is 0.481 e. The Bertz CT molecular complexity index is 709. The highest BCUT2D eigenvalue weighted by molar-refractivity contribution is 5.77. The lowest BCUT2D eigenvalue weighted by atomic mass is 9.96. The predicted molar refractivity (Wildman–Crippen MR) is 75.7 cm³/mol. The third kappa shape index (κ3) is 4.20. The maximum absolute atomic E-state index is 13.5. The molecule has 2 atom stereocenters. The Labute approximate surface area is 143 Å². The van der Waals surface area contributed by atoms with Crippen molar-refractivity contribution in [2.75, 3.05) is 19.6 Å². The molecule has 1 aliphatic rings. The number of rotatable bonds is 4. The van der Waals surface area contributed by atoms with Gasteiger partial charge in [0.1, 0.15) is 0 Å². The first-order valence-electron chi connectivity index (χ1n) is 7.47. The molecule has 1 aromatic carbocycles. The van der Waals surface area contributed by atoms with Gasteiger partial charge in [0.05, 0.1) is 11.8 Å². The Morgan fingerprint density at radius 1 is 1.15 bits per heavy atom. The smallest absolute Gasteiger partial charge is 0.394 e. The summed E-state index contributed by atoms with van der Waals surface area (Å²) in [7, 11) is 0. The highest BCUT2D eigenvalue weighted by Gasteiger charge is 2.53. The average Bonchev–Trinajstić information content (AvgIpc) is 3.01. The molecule has 0 aliphatic carbocycles. The van der Waals surface area contributed by atoms with Crippen LogP contribution in [0.5, 0.6) is 0 Å². The van der Waals surface area contributed by atoms with Crippen molar-refractivity contribution >= 4 is 12.0 Å². The number of halogens is 6. The van der Waals surface area contributed by atoms with E-state index in [2.05, 4.69) is 5.32 Å². The third-order valence-corrected chi connectivity index (χ3v) is 4.13. The van der Waals surface area contributed by atoms with Gasteiger partial charge in [0.15, 0.2) is 17.5 Å². The lowest BCUT2D eigenvalue weighted by Gasteiger charge is -2.18. The standard InChI is InChI=1S/C15H14F6N2O3/c16-10-2-1-7(11(17)12(10)18)3-4-22-14(26)23-5-8(13(24)25)9(6-23)15(19,20)21/h1-2,8-9H,3-6H2,(H,22,26)(H,24,25)/t8-,9-/m1/s1. The zero-order valence-corrected chi connectivity index (χ0v) is 13.1. The Hall–Kier alpha value is -2.46. The van der Waals surface area contributed by atoms with E-state index >= 15 is 0 Å². The van der Waals surface area contributed by atoms with Gasteiger partial charge in [-0.1, -0.05) is 6.07 Å². The predicted octanol–water partition coefficient (Wildman–Crippen LogP) is 2.55. The fourth-order valence-electron chi connectivity index (χ4n) is 2.73. The van der Waals surface area contributed by atoms with Crippen molar-refractivity contribution in [2.24, 2.45) is 11.8 Å². The zero-order chi connectivity index (χ0) is 19.6. The third-order valence-electron chi connectivity index (χ3n) is 4.13. The van der Waals surface area contributed by atoms with Crippen molar-refractivity contribution in [3.8, 4) is 0 Å². The minimum atomic E-state index is -4.77. The second kappa shape index (κ2) is 7.42. The van der Waals surface area contributed by atoms with Gasteiger partial charge in [-0.2, -0.15) is 13.2 Å². The molecule has 0 spiro atoms. The molecule has 11 heteroatoms. The molecule has 26 heavy (non-hydrogen) atoms. The number of hydrogen-bond donors (Lipinski definition) is 2. The number of nitrogens with zero attached hydrogens (tertiary/aromatic N) is 1. The van der Waals surface area contributed by atoms with Crippen molar-refractivity contribution in [1.29, 1.82) is 0 Å². The first-order chi connectivity index (χ1) is 12.0. The van der Waals surface area contributed by atoms with E-state index in [0.717, 1.165) is 6.07 Å². The Balaban J connectivity index is 1.94. The number of aliphatic carboxylic acids is 1. The molecule has 1 aliphatic heterocycles. The minimum absolute atomic E-state index is 0.220. The second-order valence-electron chi connectivity index (χ2n) is 5.81. The first kappa shape index (κ1) is 19.9. The fourth-order valence-corrected chi connectivity index (χ4v) is 2.73. The van der Waals surface area contributed by atoms with E-state index in [1.165, 1.54) is 0 Å². The maximum atomic E-state index is 13.5. The van der Waals surface area contributed by atoms with Crippen molar-refractivity contribution in [2.45, 2.75) is 12.6 Å². The number of hydrogen-bond acceptors (Lipinski definition) is 2. The monoisotopic (exact) mass is 384 g/mol. The summed E-state index contributed by atoms with van der Waals surface area (Å²) in [5.74, 6) is -10.1. The molecule has 2 amide bonds. The highest BCUT2D eigenvalue weighted by Crippen LogP contribution is 2.37. The van der Waals surface area contributed by atoms with Gasteiger partial charge in [0, 0.05) is 19.6 Å². The quantitative estimate of drug-likeness (QED) is 0.619. The topological polar surface area (TPSA) is 69.6 Å². The molecular formula is C15H14F6N2O3. The van der Waals surface area contributed by atoms with E-state index in [4.69, 9.17) is 5.11 Å². The number of likely N-dealkylation sites (tertiary alicyclic amines) is 1. The molecule has 144 valence electrons. The lowest BCUT2D eigenvalue weighted by molar-refractivity contribution is -0.187. The molecule has 5 nitrogen and oxygen atoms in total. The van der Waals surface area contributed by atoms with E-state index in [-0.39, 0.29) is 18.5 Å². The van der Waals surface area contributed by atoms with E-state index in [1.54, 1.807) is 0 Å². The molecule has 2 rings (SSSR count). The normalized spacial score (nSPS) is 20.3. The van der Waals surface area contributed by atoms with Gasteiger partial charge in [-0.15, -0.1) is 0 Å². The summed E-state index contributed by atoms with van der Waals surface area (Å²) in [5, 5.41) is 11.1. The van der Waals surface area contributed by atoms with Gasteiger partial charge < -0.3 is 15.3 Å². The minimum Gasteiger partial charge on any atom is -0.481 e. The molecule has 0 radical (unpaired) electrons. The SMILES string of the molecule is O=C(O)[C@@H]1CN(C(=O)NCCc2ccc(F)c(F)c2F)C[C@H]1C(F)(F)F. The van der Waals surface area contributed by atoms with Crippen LogP contribution in [-0.2, 0) is 11.2 Å². The molecule has 0 aromatic heterocycles. The first-order valence-corrected chi connectivity index (χ1v) is 7.47. The molecule has 0 bridgehead atoms. The molecule has 1 aromatic rings. The molecular weight excluding hydrogens is 370 g/mol. The summed E-state index contributed by atoms with van der Waals surface area (Å²) in [5.41, 5.74) is -0.220. The van der Waals surface area contributed by atoms with Crippen molar-refractivity contribution < 1.29 is 41.0 Å². The van der Waals surface area contributed by atoms with Crippen LogP contribution in [0, 0.1) is 29.3 Å². The van der Waals surface area contributed by atoms with Crippen LogP contribution in [0.25, 0.3) is 0 Å². The van der Waals surface area contributed by atoms with Crippen LogP contribution in [0.3, 0.4) is 0 Å². The van der Waals surface area contributed by atoms with Crippen LogP contribution in [0.1, 0.15) is 5.56 Å². The summed E-state index contributed by atoms with van der Waals surface area (Å²) >= 11 is 0. The number of amides is 2. The van der Waals surface area contributed by atoms with Crippen LogP contribution in [0.2, 0.25) is 0 Å². The molecule has 1 heterocycles. The second-order valence-corrected chi connectivity index (χ2v) is 5.81. The van der Waals surface area contributed by atoms with Gasteiger partial charge in [-0.3, -0.25) is 4.79 Å². The van der Waals surface area contributed by atoms with E-state index < -0.39 is 60.6 Å². The van der Waals surface area contributed by atoms with Crippen molar-refractivity contribution in [3.63, 3.8) is 0 Å². The Kier molecular flexibility index (Phi) is 5.67. The van der Waals surface area contributed by atoms with E-state index in [0.29, 0.717) is 11.0 Å². The fraction of sp³-hybridized carbons (Fsp3) is 0.467. The van der Waals surface area contributed by atoms with E-state index in [1.807, 2.05) is 0 Å². The van der Waals surface area contributed by atoms with Gasteiger partial charge in [-0.25, -0.2) is 18.0 Å². The summed E-state index contributed by atoms with van der Waals surface area (Å²) in [6, 6.07) is 0.739. The number of benzene rings is 1. The van der Waals surface area contributed by atoms with Crippen molar-refractivity contribution in [3.05, 3.63) is 35.1 Å². The van der Waals surface area contributed by atoms with Crippen LogP contribution in [0.4, 0.5) is 31.1 Å². The molecule has 1 saturated heterocycles. The zero-order valence-electron chi connectivity index (χ0n) is 13.1. The highest BCUT2D eigenvalue weighted by atomic mass is 19.4. The van der Waals surface area contributed by atoms with Crippen LogP contribution >= 0.6 is 0 Å². The number of carboxylic acid groups (broad SMARTS) is 1. The van der Waals surface area contributed by atoms with E-state index in [9.17, 15) is 35.9 Å². The number of carbonyl (C=O) groups is 2. The van der Waals surface area contributed by atoms with Gasteiger partial charge in [0.2, 0.25) is 0 Å². The van der Waals surface area contributed by atoms with Crippen LogP contribution in [-0.4, -0.2) is 47.8 Å². The van der Waals surface area contributed by atoms with Crippen molar-refractivity contribution in [1.82, 2.24) is 10.2 Å². The Morgan fingerprint density at radius 3 is 2.35 bits per heavy atom. The van der Waals surface area contributed by atoms with Gasteiger partial charge in [-0.05, 0) is 18.1 Å². The summed E-state index contributed by atoms with van der Waals surface area (Å²) in [4.78, 5) is 23.6. The summed E-state index contributed by atoms with van der Waals surface area (Å²) in [6.07, 6.45) is -5.00. The van der Waals surface area contributed by atoms with Crippen LogP contribution < -0.4 is 5.32 Å². The molecule has 0 unspecified atom stereocenters. The summed E-state index contributed by atoms with van der Waals surface area (Å²) < 4.78 is 78.0. The van der Waals surface area contributed by atoms with Gasteiger partial charge in [0.25, 0.3) is 0 Å². The molecule has 2 N–H and O–H groups in total. The number of carboxylic acids is 1. The molecule has 1 fully saturated rings.